The molecule has 0 aliphatic rings. The molecule has 53 heavy (non-hydrogen) atoms. The molecule has 0 atom stereocenters. The Kier molecular flexibility index (Phi) is 9.51. The van der Waals surface area contributed by atoms with Crippen molar-refractivity contribution in [3.63, 3.8) is 0 Å². The number of benzene rings is 6. The predicted octanol–water partition coefficient (Wildman–Crippen LogP) is 10.3. The second-order valence-electron chi connectivity index (χ2n) is 12.0. The van der Waals surface area contributed by atoms with Gasteiger partial charge in [-0.3, -0.25) is 29.0 Å². The van der Waals surface area contributed by atoms with Crippen LogP contribution in [0.1, 0.15) is 0 Å². The Morgan fingerprint density at radius 2 is 0.604 bits per heavy atom. The molecule has 0 bridgehead atoms. The van der Waals surface area contributed by atoms with Crippen LogP contribution in [0.3, 0.4) is 0 Å². The monoisotopic (exact) mass is 707 g/mol. The molecular weight excluding hydrogens is 674 g/mol. The molecular formula is C44H34N7OP. The number of hydrogen-bond donors (Lipinski definition) is 0. The summed E-state index contributed by atoms with van der Waals surface area (Å²) in [5.41, 5.74) is 5.42. The zero-order valence-electron chi connectivity index (χ0n) is 28.6. The normalized spacial score (nSPS) is 11.1. The summed E-state index contributed by atoms with van der Waals surface area (Å²) >= 11 is 0. The molecule has 0 fully saturated rings. The van der Waals surface area contributed by atoms with Crippen molar-refractivity contribution in [3.05, 3.63) is 207 Å². The molecule has 0 amide bonds. The Labute approximate surface area is 308 Å². The van der Waals surface area contributed by atoms with Gasteiger partial charge in [-0.25, -0.2) is 9.97 Å². The summed E-state index contributed by atoms with van der Waals surface area (Å²) < 4.78 is 18.5. The van der Waals surface area contributed by atoms with Crippen molar-refractivity contribution in [2.45, 2.75) is 0 Å². The lowest BCUT2D eigenvalue weighted by molar-refractivity contribution is 0.585. The molecule has 0 aliphatic carbocycles. The average molecular weight is 708 g/mol. The lowest BCUT2D eigenvalue weighted by atomic mass is 10.2. The minimum atomic E-state index is -4.04. The fourth-order valence-electron chi connectivity index (χ4n) is 6.27. The summed E-state index contributed by atoms with van der Waals surface area (Å²) in [5.74, 6) is 1.00. The van der Waals surface area contributed by atoms with Crippen LogP contribution in [-0.2, 0) is 4.57 Å². The highest BCUT2D eigenvalue weighted by atomic mass is 31.2. The summed E-state index contributed by atoms with van der Waals surface area (Å²) in [4.78, 5) is 23.9. The van der Waals surface area contributed by atoms with E-state index >= 15 is 4.57 Å². The topological polar surface area (TPSA) is 78.4 Å². The van der Waals surface area contributed by atoms with Crippen LogP contribution in [0.5, 0.6) is 0 Å². The molecule has 0 saturated heterocycles. The summed E-state index contributed by atoms with van der Waals surface area (Å²) in [6.07, 6.45) is 6.55. The molecule has 8 nitrogen and oxygen atoms in total. The number of anilines is 8. The van der Waals surface area contributed by atoms with E-state index in [9.17, 15) is 0 Å². The molecule has 8 rings (SSSR count). The average Bonchev–Trinajstić information content (AvgIpc) is 3.24. The second kappa shape index (κ2) is 15.2. The molecule has 0 spiro atoms. The van der Waals surface area contributed by atoms with Crippen LogP contribution in [0.25, 0.3) is 0 Å². The van der Waals surface area contributed by atoms with Gasteiger partial charge in [-0.2, -0.15) is 0 Å². The van der Waals surface area contributed by atoms with Crippen molar-refractivity contribution in [1.29, 1.82) is 0 Å². The SMILES string of the molecule is O=P(c1cncc(N(c2ccccc2)c2ccccc2)n1)(c1cncc(N(c2ccccc2)c2ccccc2)n1)N(c1ccccc1)c1ccccc1. The van der Waals surface area contributed by atoms with Crippen molar-refractivity contribution in [1.82, 2.24) is 19.9 Å². The highest BCUT2D eigenvalue weighted by Crippen LogP contribution is 2.54. The number of hydrogen-bond acceptors (Lipinski definition) is 7. The number of rotatable bonds is 11. The van der Waals surface area contributed by atoms with Crippen molar-refractivity contribution in [2.75, 3.05) is 14.5 Å². The summed E-state index contributed by atoms with van der Waals surface area (Å²) in [6, 6.07) is 59.2. The molecule has 0 saturated carbocycles. The first-order valence-corrected chi connectivity index (χ1v) is 18.8. The maximum atomic E-state index is 16.7. The molecule has 0 aliphatic heterocycles. The van der Waals surface area contributed by atoms with Gasteiger partial charge in [0.05, 0.1) is 24.8 Å². The van der Waals surface area contributed by atoms with Gasteiger partial charge in [-0.05, 0) is 72.8 Å². The van der Waals surface area contributed by atoms with Crippen LogP contribution < -0.4 is 25.3 Å². The second-order valence-corrected chi connectivity index (χ2v) is 14.5. The molecule has 8 aromatic rings. The van der Waals surface area contributed by atoms with Gasteiger partial charge >= 0.3 is 0 Å². The Hall–Kier alpha value is -6.89. The van der Waals surface area contributed by atoms with Gasteiger partial charge in [-0.1, -0.05) is 109 Å². The molecule has 0 N–H and O–H groups in total. The highest BCUT2D eigenvalue weighted by Gasteiger charge is 2.41. The van der Waals surface area contributed by atoms with E-state index in [4.69, 9.17) is 19.9 Å². The van der Waals surface area contributed by atoms with E-state index < -0.39 is 7.29 Å². The lowest BCUT2D eigenvalue weighted by Crippen LogP contribution is -2.34. The molecule has 256 valence electrons. The molecule has 9 heteroatoms. The van der Waals surface area contributed by atoms with E-state index in [1.807, 2.05) is 196 Å². The lowest BCUT2D eigenvalue weighted by Gasteiger charge is -2.34. The first kappa shape index (κ1) is 33.3. The van der Waals surface area contributed by atoms with Crippen LogP contribution in [0, 0.1) is 0 Å². The van der Waals surface area contributed by atoms with E-state index in [0.29, 0.717) is 23.0 Å². The van der Waals surface area contributed by atoms with Crippen LogP contribution in [0.2, 0.25) is 0 Å². The minimum absolute atomic E-state index is 0.247. The van der Waals surface area contributed by atoms with Gasteiger partial charge in [0, 0.05) is 34.1 Å². The van der Waals surface area contributed by atoms with Crippen molar-refractivity contribution in [2.24, 2.45) is 0 Å². The van der Waals surface area contributed by atoms with Gasteiger partial charge in [0.15, 0.2) is 11.6 Å². The third kappa shape index (κ3) is 6.79. The fraction of sp³-hybridized carbons (Fsp3) is 0. The summed E-state index contributed by atoms with van der Waals surface area (Å²) in [7, 11) is -4.04. The molecule has 2 heterocycles. The fourth-order valence-corrected chi connectivity index (χ4v) is 8.75. The van der Waals surface area contributed by atoms with Crippen LogP contribution in [0.15, 0.2) is 207 Å². The maximum absolute atomic E-state index is 16.7. The molecule has 0 radical (unpaired) electrons. The van der Waals surface area contributed by atoms with Gasteiger partial charge in [-0.15, -0.1) is 0 Å². The Bertz CT molecular complexity index is 2190. The first-order chi connectivity index (χ1) is 26.2. The Balaban J connectivity index is 1.38. The number of nitrogens with zero attached hydrogens (tertiary/aromatic N) is 7. The van der Waals surface area contributed by atoms with Crippen molar-refractivity contribution in [3.8, 4) is 0 Å². The minimum Gasteiger partial charge on any atom is -0.294 e. The van der Waals surface area contributed by atoms with Gasteiger partial charge in [0.2, 0.25) is 0 Å². The number of para-hydroxylation sites is 6. The highest BCUT2D eigenvalue weighted by molar-refractivity contribution is 7.80. The van der Waals surface area contributed by atoms with Gasteiger partial charge in [0.1, 0.15) is 10.9 Å². The van der Waals surface area contributed by atoms with Crippen molar-refractivity contribution >= 4 is 63.9 Å². The standard InChI is InChI=1S/C44H34N7OP/c52-53(51(39-27-15-5-16-28-39)40-29-17-6-18-30-40,43-33-45-31-41(47-43)49(35-19-7-1-8-20-35)36-21-9-2-10-22-36)44-34-46-32-42(48-44)50(37-23-11-3-12-24-37)38-25-13-4-14-26-38/h1-34H. The van der Waals surface area contributed by atoms with Gasteiger partial charge in [0.25, 0.3) is 7.29 Å². The molecule has 0 unspecified atom stereocenters. The van der Waals surface area contributed by atoms with E-state index in [2.05, 4.69) is 0 Å². The number of aromatic nitrogens is 4. The predicted molar refractivity (Wildman–Crippen MR) is 215 cm³/mol. The molecule has 2 aromatic heterocycles. The summed E-state index contributed by atoms with van der Waals surface area (Å²) in [6.45, 7) is 0. The summed E-state index contributed by atoms with van der Waals surface area (Å²) in [5, 5.41) is 0. The first-order valence-electron chi connectivity index (χ1n) is 17.2. The van der Waals surface area contributed by atoms with Crippen molar-refractivity contribution < 1.29 is 4.57 Å². The van der Waals surface area contributed by atoms with Gasteiger partial charge < -0.3 is 0 Å². The third-order valence-electron chi connectivity index (χ3n) is 8.64. The smallest absolute Gasteiger partial charge is 0.272 e. The van der Waals surface area contributed by atoms with Crippen LogP contribution in [0.4, 0.5) is 45.8 Å². The maximum Gasteiger partial charge on any atom is 0.272 e. The Morgan fingerprint density at radius 1 is 0.340 bits per heavy atom. The zero-order valence-corrected chi connectivity index (χ0v) is 29.5. The Morgan fingerprint density at radius 3 is 0.887 bits per heavy atom. The quantitative estimate of drug-likeness (QED) is 0.123. The van der Waals surface area contributed by atoms with E-state index in [1.54, 1.807) is 24.8 Å². The molecule has 6 aromatic carbocycles. The largest absolute Gasteiger partial charge is 0.294 e. The third-order valence-corrected chi connectivity index (χ3v) is 11.3. The van der Waals surface area contributed by atoms with Crippen LogP contribution in [-0.4, -0.2) is 19.9 Å². The van der Waals surface area contributed by atoms with E-state index in [1.165, 1.54) is 0 Å². The van der Waals surface area contributed by atoms with Crippen LogP contribution >= 0.6 is 7.29 Å². The van der Waals surface area contributed by atoms with E-state index in [0.717, 1.165) is 22.7 Å². The zero-order chi connectivity index (χ0) is 35.9. The van der Waals surface area contributed by atoms with E-state index in [-0.39, 0.29) is 10.9 Å².